The molecule has 0 rings (SSSR count). The Balaban J connectivity index is -0.0000000117. The summed E-state index contributed by atoms with van der Waals surface area (Å²) >= 11 is 0. The largest absolute Gasteiger partial charge is 0.712 e. The van der Waals surface area contributed by atoms with Crippen LogP contribution in [0.3, 0.4) is 0 Å². The van der Waals surface area contributed by atoms with Gasteiger partial charge in [0, 0.05) is 119 Å². The van der Waals surface area contributed by atoms with E-state index in [0.717, 1.165) is 6.42 Å². The van der Waals surface area contributed by atoms with E-state index in [2.05, 4.69) is 15.3 Å². The van der Waals surface area contributed by atoms with Crippen LogP contribution in [0.15, 0.2) is 15.3 Å². The molecule has 0 fully saturated rings. The molecular formula is C6H17N4W5-. The second kappa shape index (κ2) is 54.5. The van der Waals surface area contributed by atoms with Gasteiger partial charge >= 0.3 is 0 Å². The maximum atomic E-state index is 7.92. The van der Waals surface area contributed by atoms with Gasteiger partial charge in [0.1, 0.15) is 0 Å². The summed E-state index contributed by atoms with van der Waals surface area (Å²) in [5.41, 5.74) is 7.92. The van der Waals surface area contributed by atoms with Crippen LogP contribution in [0.4, 0.5) is 0 Å². The molecule has 0 bridgehead atoms. The minimum absolute atomic E-state index is 0. The zero-order chi connectivity index (χ0) is 6.24. The van der Waals surface area contributed by atoms with Crippen LogP contribution < -0.4 is 0 Å². The third-order valence-electron chi connectivity index (χ3n) is 0.658. The molecule has 0 aromatic rings. The van der Waals surface area contributed by atoms with Gasteiger partial charge in [-0.3, -0.25) is 0 Å². The van der Waals surface area contributed by atoms with Gasteiger partial charge in [-0.25, -0.2) is 0 Å². The molecule has 0 aliphatic rings. The van der Waals surface area contributed by atoms with Gasteiger partial charge in [0.05, 0.1) is 6.54 Å². The van der Waals surface area contributed by atoms with Crippen LogP contribution in [0.2, 0.25) is 0 Å². The molecule has 0 aliphatic carbocycles. The summed E-state index contributed by atoms with van der Waals surface area (Å²) in [4.78, 5) is 0. The molecule has 0 N–H and O–H groups in total. The Hall–Kier alpha value is 2.64. The molecule has 0 radical (unpaired) electrons. The van der Waals surface area contributed by atoms with Gasteiger partial charge in [-0.15, -0.1) is 0 Å². The molecule has 0 saturated carbocycles. The van der Waals surface area contributed by atoms with E-state index >= 15 is 0 Å². The van der Waals surface area contributed by atoms with Crippen molar-refractivity contribution >= 4 is 0 Å². The molecule has 92 valence electrons. The van der Waals surface area contributed by atoms with Gasteiger partial charge in [-0.2, -0.15) is 10.2 Å². The van der Waals surface area contributed by atoms with Gasteiger partial charge < -0.3 is 10.6 Å². The second-order valence-corrected chi connectivity index (χ2v) is 1.28. The first-order chi connectivity index (χ1) is 3.91. The third-order valence-corrected chi connectivity index (χ3v) is 0.658. The predicted octanol–water partition coefficient (Wildman–Crippen LogP) is 2.74. The Morgan fingerprint density at radius 3 is 1.53 bits per heavy atom. The van der Waals surface area contributed by atoms with Gasteiger partial charge in [0.25, 0.3) is 0 Å². The van der Waals surface area contributed by atoms with Crippen molar-refractivity contribution in [2.45, 2.75) is 21.3 Å². The molecule has 0 atom stereocenters. The predicted molar refractivity (Wildman–Crippen MR) is 44.4 cm³/mol. The summed E-state index contributed by atoms with van der Waals surface area (Å²) in [5.74, 6) is 0. The normalized spacial score (nSPS) is 5.40. The van der Waals surface area contributed by atoms with E-state index in [1.54, 1.807) is 7.05 Å². The number of nitrogens with zero attached hydrogens (tertiary/aromatic N) is 4. The molecule has 0 unspecified atom stereocenters. The van der Waals surface area contributed by atoms with Gasteiger partial charge in [-0.1, -0.05) is 14.9 Å². The Labute approximate surface area is 165 Å². The number of hydrogen-bond acceptors (Lipinski definition) is 3. The van der Waals surface area contributed by atoms with Crippen LogP contribution in [-0.4, -0.2) is 20.1 Å². The van der Waals surface area contributed by atoms with Crippen molar-refractivity contribution in [3.8, 4) is 0 Å². The molecule has 0 heterocycles. The fraction of sp³-hybridized carbons (Fsp3) is 1.00. The molecular weight excluding hydrogens is 1050 g/mol. The summed E-state index contributed by atoms with van der Waals surface area (Å²) in [5, 5.41) is 10.1. The molecule has 0 spiro atoms. The standard InChI is InChI=1S/C4H9N4.2CH4.5W/c1-6-8-4-2-3-7-5;;;;;;;/h2-4H2,1H3;2*1H4;;;;;/q-1;;;;;;;. The molecule has 15 heavy (non-hydrogen) atoms. The second-order valence-electron chi connectivity index (χ2n) is 1.28. The quantitative estimate of drug-likeness (QED) is 0.308. The van der Waals surface area contributed by atoms with Crippen LogP contribution in [0, 0.1) is 0 Å². The van der Waals surface area contributed by atoms with Crippen LogP contribution in [0.5, 0.6) is 0 Å². The molecule has 0 aromatic carbocycles. The van der Waals surface area contributed by atoms with E-state index in [0.29, 0.717) is 13.1 Å². The van der Waals surface area contributed by atoms with Gasteiger partial charge in [-0.05, 0) is 6.42 Å². The van der Waals surface area contributed by atoms with Crippen LogP contribution in [0.1, 0.15) is 21.3 Å². The fourth-order valence-corrected chi connectivity index (χ4v) is 0.312. The van der Waals surface area contributed by atoms with Crippen molar-refractivity contribution in [3.63, 3.8) is 0 Å². The minimum Gasteiger partial charge on any atom is -0.712 e. The average Bonchev–Trinajstić information content (AvgIpc) is 1.81. The Kier molecular flexibility index (Phi) is 191. The van der Waals surface area contributed by atoms with Crippen molar-refractivity contribution in [1.82, 2.24) is 0 Å². The topological polar surface area (TPSA) is 59.4 Å². The van der Waals surface area contributed by atoms with E-state index in [4.69, 9.17) is 5.53 Å². The maximum Gasteiger partial charge on any atom is 0.0615 e. The summed E-state index contributed by atoms with van der Waals surface area (Å²) in [6, 6.07) is 0. The van der Waals surface area contributed by atoms with Crippen LogP contribution in [0.25, 0.3) is 5.53 Å². The van der Waals surface area contributed by atoms with E-state index in [1.165, 1.54) is 0 Å². The Morgan fingerprint density at radius 2 is 1.27 bits per heavy atom. The third kappa shape index (κ3) is 61.1. The smallest absolute Gasteiger partial charge is 0.0615 e. The number of hydrogen-bond donors (Lipinski definition) is 0. The first-order valence-corrected chi connectivity index (χ1v) is 2.48. The Bertz CT molecular complexity index is 93.6. The van der Waals surface area contributed by atoms with Crippen LogP contribution in [-0.2, 0) is 105 Å². The number of rotatable bonds is 4. The van der Waals surface area contributed by atoms with E-state index in [9.17, 15) is 0 Å². The summed E-state index contributed by atoms with van der Waals surface area (Å²) in [7, 11) is 1.62. The minimum atomic E-state index is 0. The SMILES string of the molecule is C.C.CN=NCCCN=[N-].[W].[W].[W].[W].[W]. The zero-order valence-corrected chi connectivity index (χ0v) is 21.6. The van der Waals surface area contributed by atoms with Gasteiger partial charge in [0.2, 0.25) is 0 Å². The van der Waals surface area contributed by atoms with Crippen molar-refractivity contribution < 1.29 is 105 Å². The molecule has 0 aliphatic heterocycles. The van der Waals surface area contributed by atoms with Crippen molar-refractivity contribution in [2.24, 2.45) is 15.3 Å². The maximum absolute atomic E-state index is 7.92. The van der Waals surface area contributed by atoms with E-state index in [-0.39, 0.29) is 120 Å². The van der Waals surface area contributed by atoms with Gasteiger partial charge in [0.15, 0.2) is 0 Å². The van der Waals surface area contributed by atoms with Crippen molar-refractivity contribution in [2.75, 3.05) is 20.1 Å². The molecule has 9 heteroatoms. The molecule has 0 amide bonds. The summed E-state index contributed by atoms with van der Waals surface area (Å²) in [6.45, 7) is 1.11. The first kappa shape index (κ1) is 52.6. The molecule has 4 nitrogen and oxygen atoms in total. The number of azo groups is 1. The van der Waals surface area contributed by atoms with Crippen molar-refractivity contribution in [3.05, 3.63) is 5.53 Å². The van der Waals surface area contributed by atoms with E-state index < -0.39 is 0 Å². The van der Waals surface area contributed by atoms with Crippen molar-refractivity contribution in [1.29, 1.82) is 0 Å². The first-order valence-electron chi connectivity index (χ1n) is 2.48. The van der Waals surface area contributed by atoms with Crippen LogP contribution >= 0.6 is 0 Å². The average molecular weight is 1060 g/mol. The summed E-state index contributed by atoms with van der Waals surface area (Å²) < 4.78 is 0. The Morgan fingerprint density at radius 1 is 0.867 bits per heavy atom. The monoisotopic (exact) mass is 1060 g/mol. The molecule has 0 aromatic heterocycles. The molecule has 0 saturated heterocycles. The fourth-order valence-electron chi connectivity index (χ4n) is 0.312. The zero-order valence-electron chi connectivity index (χ0n) is 6.95. The summed E-state index contributed by atoms with van der Waals surface area (Å²) in [6.07, 6.45) is 0.772. The van der Waals surface area contributed by atoms with E-state index in [1.807, 2.05) is 0 Å².